The molecular weight excluding hydrogens is 260 g/mol. The molecule has 4 heteroatoms. The van der Waals surface area contributed by atoms with Crippen molar-refractivity contribution in [3.63, 3.8) is 0 Å². The lowest BCUT2D eigenvalue weighted by Gasteiger charge is -2.16. The summed E-state index contributed by atoms with van der Waals surface area (Å²) in [7, 11) is 0. The molecule has 1 unspecified atom stereocenters. The predicted octanol–water partition coefficient (Wildman–Crippen LogP) is 2.14. The second-order valence-corrected chi connectivity index (χ2v) is 5.78. The third-order valence-electron chi connectivity index (χ3n) is 4.08. The molecule has 1 fully saturated rings. The Morgan fingerprint density at radius 1 is 1.19 bits per heavy atom. The van der Waals surface area contributed by atoms with Crippen LogP contribution in [0.2, 0.25) is 0 Å². The molecule has 1 atom stereocenters. The average Bonchev–Trinajstić information content (AvgIpc) is 3.17. The van der Waals surface area contributed by atoms with Crippen LogP contribution >= 0.6 is 0 Å². The zero-order chi connectivity index (χ0) is 14.3. The lowest BCUT2D eigenvalue weighted by atomic mass is 10.2. The molecule has 1 aromatic carbocycles. The first kappa shape index (κ1) is 14.3. The normalized spacial score (nSPS) is 19.1. The minimum atomic E-state index is 0.645. The van der Waals surface area contributed by atoms with Crippen LogP contribution in [0.4, 0.5) is 0 Å². The fourth-order valence-corrected chi connectivity index (χ4v) is 2.96. The lowest BCUT2D eigenvalue weighted by molar-refractivity contribution is 0.319. The number of hydrogen-bond donors (Lipinski definition) is 1. The highest BCUT2D eigenvalue weighted by molar-refractivity contribution is 5.14. The van der Waals surface area contributed by atoms with Crippen LogP contribution in [-0.4, -0.2) is 40.4 Å². The van der Waals surface area contributed by atoms with Gasteiger partial charge in [-0.3, -0.25) is 9.58 Å². The van der Waals surface area contributed by atoms with Crippen LogP contribution in [0.25, 0.3) is 0 Å². The van der Waals surface area contributed by atoms with E-state index in [4.69, 9.17) is 0 Å². The molecule has 1 saturated heterocycles. The van der Waals surface area contributed by atoms with Crippen LogP contribution in [0, 0.1) is 0 Å². The van der Waals surface area contributed by atoms with E-state index in [1.165, 1.54) is 18.5 Å². The van der Waals surface area contributed by atoms with E-state index in [9.17, 15) is 0 Å². The first-order chi connectivity index (χ1) is 10.4. The first-order valence-corrected chi connectivity index (χ1v) is 7.87. The Kier molecular flexibility index (Phi) is 5.03. The number of rotatable bonds is 7. The van der Waals surface area contributed by atoms with Gasteiger partial charge in [-0.05, 0) is 31.0 Å². The Labute approximate surface area is 126 Å². The number of nitrogens with one attached hydrogen (secondary N) is 1. The van der Waals surface area contributed by atoms with Crippen molar-refractivity contribution in [3.8, 4) is 0 Å². The minimum Gasteiger partial charge on any atom is -0.313 e. The zero-order valence-corrected chi connectivity index (χ0v) is 12.5. The largest absolute Gasteiger partial charge is 0.313 e. The molecule has 0 aliphatic carbocycles. The average molecular weight is 284 g/mol. The van der Waals surface area contributed by atoms with Gasteiger partial charge in [0.05, 0.1) is 0 Å². The highest BCUT2D eigenvalue weighted by atomic mass is 15.3. The molecule has 0 amide bonds. The summed E-state index contributed by atoms with van der Waals surface area (Å²) in [5.41, 5.74) is 1.41. The second kappa shape index (κ2) is 7.38. The van der Waals surface area contributed by atoms with Gasteiger partial charge in [0, 0.05) is 44.6 Å². The van der Waals surface area contributed by atoms with E-state index < -0.39 is 0 Å². The molecule has 0 saturated carbocycles. The molecule has 1 aliphatic heterocycles. The van der Waals surface area contributed by atoms with Gasteiger partial charge in [0.1, 0.15) is 0 Å². The van der Waals surface area contributed by atoms with Crippen molar-refractivity contribution >= 4 is 0 Å². The maximum atomic E-state index is 4.23. The van der Waals surface area contributed by atoms with Crippen LogP contribution in [-0.2, 0) is 13.1 Å². The summed E-state index contributed by atoms with van der Waals surface area (Å²) < 4.78 is 2.00. The molecule has 2 heterocycles. The maximum absolute atomic E-state index is 4.23. The molecule has 2 aromatic rings. The van der Waals surface area contributed by atoms with Gasteiger partial charge >= 0.3 is 0 Å². The summed E-state index contributed by atoms with van der Waals surface area (Å²) in [5, 5.41) is 7.90. The van der Waals surface area contributed by atoms with Gasteiger partial charge in [-0.2, -0.15) is 5.10 Å². The van der Waals surface area contributed by atoms with Crippen LogP contribution in [0.5, 0.6) is 0 Å². The van der Waals surface area contributed by atoms with E-state index in [-0.39, 0.29) is 0 Å². The highest BCUT2D eigenvalue weighted by Gasteiger charge is 2.21. The van der Waals surface area contributed by atoms with E-state index in [0.717, 1.165) is 32.6 Å². The van der Waals surface area contributed by atoms with Gasteiger partial charge < -0.3 is 5.32 Å². The number of hydrogen-bond acceptors (Lipinski definition) is 3. The number of aryl methyl sites for hydroxylation is 1. The van der Waals surface area contributed by atoms with E-state index in [2.05, 4.69) is 45.6 Å². The summed E-state index contributed by atoms with van der Waals surface area (Å²) in [6, 6.07) is 13.4. The molecule has 112 valence electrons. The molecule has 0 spiro atoms. The van der Waals surface area contributed by atoms with Crippen molar-refractivity contribution in [1.82, 2.24) is 20.0 Å². The van der Waals surface area contributed by atoms with Gasteiger partial charge in [0.15, 0.2) is 0 Å². The summed E-state index contributed by atoms with van der Waals surface area (Å²) in [6.07, 6.45) is 6.26. The number of likely N-dealkylation sites (tertiary alicyclic amines) is 1. The van der Waals surface area contributed by atoms with Gasteiger partial charge in [-0.1, -0.05) is 30.3 Å². The summed E-state index contributed by atoms with van der Waals surface area (Å²) >= 11 is 0. The number of nitrogens with zero attached hydrogens (tertiary/aromatic N) is 3. The third-order valence-corrected chi connectivity index (χ3v) is 4.08. The zero-order valence-electron chi connectivity index (χ0n) is 12.5. The predicted molar refractivity (Wildman–Crippen MR) is 85.0 cm³/mol. The first-order valence-electron chi connectivity index (χ1n) is 7.87. The summed E-state index contributed by atoms with van der Waals surface area (Å²) in [4.78, 5) is 2.54. The quantitative estimate of drug-likeness (QED) is 0.791. The van der Waals surface area contributed by atoms with E-state index in [0.29, 0.717) is 6.04 Å². The van der Waals surface area contributed by atoms with E-state index >= 15 is 0 Å². The smallest absolute Gasteiger partial charge is 0.0489 e. The molecule has 1 aliphatic rings. The Morgan fingerprint density at radius 2 is 2.10 bits per heavy atom. The van der Waals surface area contributed by atoms with Crippen molar-refractivity contribution in [1.29, 1.82) is 0 Å². The fourth-order valence-electron chi connectivity index (χ4n) is 2.96. The van der Waals surface area contributed by atoms with Gasteiger partial charge in [-0.25, -0.2) is 0 Å². The van der Waals surface area contributed by atoms with Crippen molar-refractivity contribution in [2.75, 3.05) is 19.6 Å². The van der Waals surface area contributed by atoms with Crippen LogP contribution in [0.3, 0.4) is 0 Å². The van der Waals surface area contributed by atoms with Gasteiger partial charge in [-0.15, -0.1) is 0 Å². The lowest BCUT2D eigenvalue weighted by Crippen LogP contribution is -2.33. The third kappa shape index (κ3) is 4.41. The summed E-state index contributed by atoms with van der Waals surface area (Å²) in [6.45, 7) is 5.51. The highest BCUT2D eigenvalue weighted by Crippen LogP contribution is 2.13. The van der Waals surface area contributed by atoms with Gasteiger partial charge in [0.2, 0.25) is 0 Å². The van der Waals surface area contributed by atoms with Crippen LogP contribution < -0.4 is 5.32 Å². The molecule has 3 rings (SSSR count). The van der Waals surface area contributed by atoms with Crippen molar-refractivity contribution < 1.29 is 0 Å². The fraction of sp³-hybridized carbons (Fsp3) is 0.471. The van der Waals surface area contributed by atoms with E-state index in [1.807, 2.05) is 23.1 Å². The number of aromatic nitrogens is 2. The van der Waals surface area contributed by atoms with Crippen molar-refractivity contribution in [2.45, 2.75) is 32.0 Å². The molecule has 1 N–H and O–H groups in total. The monoisotopic (exact) mass is 284 g/mol. The molecule has 0 radical (unpaired) electrons. The molecular formula is C17H24N4. The molecule has 0 bridgehead atoms. The molecule has 1 aromatic heterocycles. The second-order valence-electron chi connectivity index (χ2n) is 5.78. The minimum absolute atomic E-state index is 0.645. The Bertz CT molecular complexity index is 509. The van der Waals surface area contributed by atoms with Gasteiger partial charge in [0.25, 0.3) is 0 Å². The Balaban J connectivity index is 1.33. The van der Waals surface area contributed by atoms with Crippen molar-refractivity contribution in [2.24, 2.45) is 0 Å². The Hall–Kier alpha value is -1.65. The summed E-state index contributed by atoms with van der Waals surface area (Å²) in [5.74, 6) is 0. The standard InChI is InChI=1S/C17H24N4/c1-2-6-16(7-3-1)14-20-13-8-17(15-20)18-9-4-11-21-12-5-10-19-21/h1-3,5-7,10,12,17-18H,4,8-9,11,13-15H2. The Morgan fingerprint density at radius 3 is 2.90 bits per heavy atom. The maximum Gasteiger partial charge on any atom is 0.0489 e. The van der Waals surface area contributed by atoms with E-state index in [1.54, 1.807) is 0 Å². The van der Waals surface area contributed by atoms with Crippen LogP contribution in [0.15, 0.2) is 48.8 Å². The molecule has 21 heavy (non-hydrogen) atoms. The molecule has 4 nitrogen and oxygen atoms in total. The van der Waals surface area contributed by atoms with Crippen molar-refractivity contribution in [3.05, 3.63) is 54.4 Å². The SMILES string of the molecule is c1ccc(CN2CCC(NCCCn3cccn3)C2)cc1. The topological polar surface area (TPSA) is 33.1 Å². The van der Waals surface area contributed by atoms with Crippen LogP contribution in [0.1, 0.15) is 18.4 Å². The number of benzene rings is 1.